The minimum atomic E-state index is -0.408. The fourth-order valence-electron chi connectivity index (χ4n) is 4.70. The highest BCUT2D eigenvalue weighted by molar-refractivity contribution is 5.43. The summed E-state index contributed by atoms with van der Waals surface area (Å²) in [5.74, 6) is 2.24. The molecule has 2 aliphatic rings. The van der Waals surface area contributed by atoms with Crippen LogP contribution >= 0.6 is 0 Å². The average molecular weight is 477 g/mol. The smallest absolute Gasteiger partial charge is 0.227 e. The predicted octanol–water partition coefficient (Wildman–Crippen LogP) is 3.88. The molecule has 186 valence electrons. The lowest BCUT2D eigenvalue weighted by Crippen LogP contribution is -2.44. The molecule has 0 spiro atoms. The third kappa shape index (κ3) is 6.49. The Morgan fingerprint density at radius 2 is 1.74 bits per heavy atom. The number of aliphatic hydroxyl groups excluding tert-OH is 1. The zero-order valence-electron chi connectivity index (χ0n) is 20.6. The van der Waals surface area contributed by atoms with Crippen LogP contribution in [0.15, 0.2) is 60.7 Å². The van der Waals surface area contributed by atoms with E-state index in [1.54, 1.807) is 0 Å². The Bertz CT molecular complexity index is 1060. The van der Waals surface area contributed by atoms with Crippen LogP contribution in [0.5, 0.6) is 11.6 Å². The second kappa shape index (κ2) is 11.4. The first-order valence-electron chi connectivity index (χ1n) is 12.7. The zero-order chi connectivity index (χ0) is 24.0. The Morgan fingerprint density at radius 3 is 2.43 bits per heavy atom. The highest BCUT2D eigenvalue weighted by Gasteiger charge is 2.28. The molecule has 1 N–H and O–H groups in total. The van der Waals surface area contributed by atoms with Gasteiger partial charge in [-0.15, -0.1) is 0 Å². The van der Waals surface area contributed by atoms with E-state index in [-0.39, 0.29) is 0 Å². The third-order valence-electron chi connectivity index (χ3n) is 6.73. The summed E-state index contributed by atoms with van der Waals surface area (Å²) in [5.41, 5.74) is 2.98. The zero-order valence-corrected chi connectivity index (χ0v) is 20.6. The molecule has 0 radical (unpaired) electrons. The van der Waals surface area contributed by atoms with Gasteiger partial charge in [-0.2, -0.15) is 5.10 Å². The summed E-state index contributed by atoms with van der Waals surface area (Å²) in [7, 11) is 0. The van der Waals surface area contributed by atoms with Crippen LogP contribution in [-0.4, -0.2) is 76.7 Å². The summed E-state index contributed by atoms with van der Waals surface area (Å²) in [5, 5.41) is 15.8. The van der Waals surface area contributed by atoms with E-state index in [0.717, 1.165) is 61.4 Å². The van der Waals surface area contributed by atoms with Gasteiger partial charge in [0.1, 0.15) is 5.75 Å². The van der Waals surface area contributed by atoms with Crippen LogP contribution in [0.3, 0.4) is 0 Å². The summed E-state index contributed by atoms with van der Waals surface area (Å²) in [6.45, 7) is 8.31. The van der Waals surface area contributed by atoms with Crippen molar-refractivity contribution in [3.05, 3.63) is 71.9 Å². The first kappa shape index (κ1) is 24.0. The Labute approximate surface area is 207 Å². The lowest BCUT2D eigenvalue weighted by Gasteiger charge is -2.31. The van der Waals surface area contributed by atoms with Crippen molar-refractivity contribution in [2.75, 3.05) is 45.9 Å². The van der Waals surface area contributed by atoms with E-state index in [4.69, 9.17) is 14.6 Å². The van der Waals surface area contributed by atoms with Gasteiger partial charge in [-0.1, -0.05) is 36.4 Å². The van der Waals surface area contributed by atoms with Crippen LogP contribution in [0.25, 0.3) is 5.69 Å². The molecule has 7 nitrogen and oxygen atoms in total. The number of aryl methyl sites for hydroxylation is 1. The molecule has 1 atom stereocenters. The summed E-state index contributed by atoms with van der Waals surface area (Å²) >= 11 is 0. The predicted molar refractivity (Wildman–Crippen MR) is 136 cm³/mol. The summed E-state index contributed by atoms with van der Waals surface area (Å²) in [6.07, 6.45) is 2.13. The molecule has 0 unspecified atom stereocenters. The Balaban J connectivity index is 1.39. The molecule has 1 saturated carbocycles. The molecular formula is C28H36N4O3. The quantitative estimate of drug-likeness (QED) is 0.453. The molecule has 5 rings (SSSR count). The number of benzene rings is 2. The monoisotopic (exact) mass is 476 g/mol. The number of nitrogens with zero attached hydrogens (tertiary/aromatic N) is 4. The van der Waals surface area contributed by atoms with Crippen molar-refractivity contribution in [1.82, 2.24) is 19.6 Å². The van der Waals surface area contributed by atoms with Gasteiger partial charge < -0.3 is 14.6 Å². The molecule has 3 aromatic rings. The van der Waals surface area contributed by atoms with Gasteiger partial charge >= 0.3 is 0 Å². The van der Waals surface area contributed by atoms with E-state index in [0.29, 0.717) is 25.6 Å². The third-order valence-corrected chi connectivity index (χ3v) is 6.73. The van der Waals surface area contributed by atoms with Gasteiger partial charge in [-0.05, 0) is 49.9 Å². The maximum absolute atomic E-state index is 11.0. The molecule has 7 heteroatoms. The Kier molecular flexibility index (Phi) is 7.79. The van der Waals surface area contributed by atoms with Crippen molar-refractivity contribution in [3.63, 3.8) is 0 Å². The van der Waals surface area contributed by atoms with Crippen molar-refractivity contribution in [2.45, 2.75) is 32.4 Å². The Morgan fingerprint density at radius 1 is 1.06 bits per heavy atom. The second-order valence-electron chi connectivity index (χ2n) is 9.74. The molecule has 2 fully saturated rings. The lowest BCUT2D eigenvalue weighted by atomic mass is 10.2. The van der Waals surface area contributed by atoms with Crippen LogP contribution in [0.2, 0.25) is 0 Å². The van der Waals surface area contributed by atoms with E-state index < -0.39 is 6.10 Å². The lowest BCUT2D eigenvalue weighted by molar-refractivity contribution is 0.00585. The molecule has 1 saturated heterocycles. The van der Waals surface area contributed by atoms with Crippen LogP contribution in [-0.2, 0) is 11.3 Å². The van der Waals surface area contributed by atoms with Crippen LogP contribution in [0, 0.1) is 12.8 Å². The fraction of sp³-hybridized carbons (Fsp3) is 0.464. The van der Waals surface area contributed by atoms with E-state index in [9.17, 15) is 5.11 Å². The highest BCUT2D eigenvalue weighted by Crippen LogP contribution is 2.34. The van der Waals surface area contributed by atoms with Gasteiger partial charge in [0.05, 0.1) is 36.3 Å². The van der Waals surface area contributed by atoms with Crippen molar-refractivity contribution in [3.8, 4) is 17.3 Å². The molecule has 1 aliphatic carbocycles. The number of β-amino-alcohol motifs (C(OH)–C–C–N with tert-alkyl or cyclic N) is 1. The topological polar surface area (TPSA) is 63.0 Å². The number of aliphatic hydroxyl groups is 1. The largest absolute Gasteiger partial charge is 0.439 e. The molecule has 2 aromatic carbocycles. The van der Waals surface area contributed by atoms with E-state index in [1.807, 2.05) is 72.3 Å². The summed E-state index contributed by atoms with van der Waals surface area (Å²) < 4.78 is 13.8. The molecule has 0 amide bonds. The van der Waals surface area contributed by atoms with Crippen molar-refractivity contribution >= 4 is 0 Å². The van der Waals surface area contributed by atoms with Crippen LogP contribution < -0.4 is 4.74 Å². The molecule has 1 aromatic heterocycles. The summed E-state index contributed by atoms with van der Waals surface area (Å²) in [6, 6.07) is 20.0. The molecule has 2 heterocycles. The number of para-hydroxylation sites is 2. The van der Waals surface area contributed by atoms with Crippen molar-refractivity contribution in [2.24, 2.45) is 5.92 Å². The fourth-order valence-corrected chi connectivity index (χ4v) is 4.70. The normalized spacial score (nSPS) is 17.6. The maximum Gasteiger partial charge on any atom is 0.227 e. The number of hydrogen-bond donors (Lipinski definition) is 1. The van der Waals surface area contributed by atoms with E-state index >= 15 is 0 Å². The van der Waals surface area contributed by atoms with Gasteiger partial charge in [0, 0.05) is 39.3 Å². The van der Waals surface area contributed by atoms with Gasteiger partial charge in [0.2, 0.25) is 5.88 Å². The number of hydrogen-bond acceptors (Lipinski definition) is 6. The number of morpholine rings is 1. The first-order valence-corrected chi connectivity index (χ1v) is 12.7. The minimum Gasteiger partial charge on any atom is -0.439 e. The Hall–Kier alpha value is -2.71. The number of ether oxygens (including phenoxy) is 2. The molecule has 1 aliphatic heterocycles. The van der Waals surface area contributed by atoms with E-state index in [2.05, 4.69) is 9.80 Å². The minimum absolute atomic E-state index is 0.408. The van der Waals surface area contributed by atoms with Crippen molar-refractivity contribution < 1.29 is 14.6 Å². The SMILES string of the molecule is Cc1nn(-c2ccccc2)c(Oc2ccccc2)c1CN(CC1CC1)C[C@H](O)CN1CCOCC1. The summed E-state index contributed by atoms with van der Waals surface area (Å²) in [4.78, 5) is 4.69. The van der Waals surface area contributed by atoms with Crippen LogP contribution in [0.1, 0.15) is 24.1 Å². The second-order valence-corrected chi connectivity index (χ2v) is 9.74. The van der Waals surface area contributed by atoms with Gasteiger partial charge in [-0.25, -0.2) is 4.68 Å². The van der Waals surface area contributed by atoms with E-state index in [1.165, 1.54) is 12.8 Å². The van der Waals surface area contributed by atoms with Gasteiger partial charge in [0.15, 0.2) is 0 Å². The molecular weight excluding hydrogens is 440 g/mol. The molecule has 0 bridgehead atoms. The van der Waals surface area contributed by atoms with Gasteiger partial charge in [-0.3, -0.25) is 9.80 Å². The highest BCUT2D eigenvalue weighted by atomic mass is 16.5. The average Bonchev–Trinajstić information content (AvgIpc) is 3.65. The number of rotatable bonds is 11. The van der Waals surface area contributed by atoms with Gasteiger partial charge in [0.25, 0.3) is 0 Å². The molecule has 35 heavy (non-hydrogen) atoms. The standard InChI is InChI=1S/C28H36N4O3/c1-22-27(21-31(18-23-12-13-23)20-25(33)19-30-14-16-34-17-15-30)28(35-26-10-6-3-7-11-26)32(29-22)24-8-4-2-5-9-24/h2-11,23,25,33H,12-21H2,1H3/t25-/m1/s1. The van der Waals surface area contributed by atoms with Crippen molar-refractivity contribution in [1.29, 1.82) is 0 Å². The first-order chi connectivity index (χ1) is 17.2. The van der Waals surface area contributed by atoms with Crippen LogP contribution in [0.4, 0.5) is 0 Å². The number of aromatic nitrogens is 2. The maximum atomic E-state index is 11.0.